The molecular weight excluding hydrogens is 264 g/mol. The Labute approximate surface area is 116 Å². The summed E-state index contributed by atoms with van der Waals surface area (Å²) in [5.41, 5.74) is 0. The van der Waals surface area contributed by atoms with Gasteiger partial charge in [-0.05, 0) is 30.5 Å². The molecule has 0 aliphatic carbocycles. The molecule has 3 N–H and O–H groups in total. The minimum absolute atomic E-state index is 0.0637. The van der Waals surface area contributed by atoms with Gasteiger partial charge in [0.1, 0.15) is 0 Å². The van der Waals surface area contributed by atoms with Gasteiger partial charge in [-0.25, -0.2) is 0 Å². The average molecular weight is 282 g/mol. The molecule has 0 aromatic carbocycles. The van der Waals surface area contributed by atoms with E-state index in [4.69, 9.17) is 5.11 Å². The van der Waals surface area contributed by atoms with Gasteiger partial charge in [0.05, 0.1) is 12.5 Å². The van der Waals surface area contributed by atoms with Gasteiger partial charge in [-0.1, -0.05) is 13.0 Å². The largest absolute Gasteiger partial charge is 0.481 e. The van der Waals surface area contributed by atoms with Gasteiger partial charge in [-0.15, -0.1) is 11.3 Å². The maximum absolute atomic E-state index is 12.1. The van der Waals surface area contributed by atoms with Crippen LogP contribution < -0.4 is 10.6 Å². The van der Waals surface area contributed by atoms with Crippen molar-refractivity contribution >= 4 is 23.2 Å². The number of nitrogens with one attached hydrogen (secondary N) is 2. The lowest BCUT2D eigenvalue weighted by atomic mass is 9.88. The molecule has 1 aromatic rings. The van der Waals surface area contributed by atoms with Crippen LogP contribution in [-0.4, -0.2) is 30.1 Å². The quantitative estimate of drug-likeness (QED) is 0.733. The number of carboxylic acids is 1. The first-order valence-corrected chi connectivity index (χ1v) is 7.22. The van der Waals surface area contributed by atoms with Crippen LogP contribution in [0.15, 0.2) is 17.5 Å². The highest BCUT2D eigenvalue weighted by Crippen LogP contribution is 2.24. The molecule has 2 unspecified atom stereocenters. The Kier molecular flexibility index (Phi) is 4.55. The van der Waals surface area contributed by atoms with Crippen molar-refractivity contribution in [2.45, 2.75) is 19.4 Å². The van der Waals surface area contributed by atoms with Crippen molar-refractivity contribution in [3.63, 3.8) is 0 Å². The minimum Gasteiger partial charge on any atom is -0.481 e. The monoisotopic (exact) mass is 282 g/mol. The second-order valence-electron chi connectivity index (χ2n) is 4.88. The third-order valence-corrected chi connectivity index (χ3v) is 4.50. The van der Waals surface area contributed by atoms with Crippen molar-refractivity contribution in [2.24, 2.45) is 11.8 Å². The number of hydrogen-bond acceptors (Lipinski definition) is 4. The normalized spacial score (nSPS) is 18.4. The summed E-state index contributed by atoms with van der Waals surface area (Å²) in [6.07, 6.45) is -0.0815. The molecule has 0 bridgehead atoms. The van der Waals surface area contributed by atoms with Gasteiger partial charge in [0.2, 0.25) is 5.91 Å². The number of amides is 1. The number of rotatable bonds is 6. The van der Waals surface area contributed by atoms with Gasteiger partial charge < -0.3 is 15.7 Å². The lowest BCUT2D eigenvalue weighted by molar-refractivity contribution is -0.138. The molecule has 0 saturated carbocycles. The molecule has 1 amide bonds. The zero-order valence-electron chi connectivity index (χ0n) is 10.8. The van der Waals surface area contributed by atoms with Crippen LogP contribution in [0, 0.1) is 11.8 Å². The lowest BCUT2D eigenvalue weighted by Gasteiger charge is -2.32. The number of carbonyl (C=O) groups is 2. The molecule has 2 heterocycles. The highest BCUT2D eigenvalue weighted by Gasteiger charge is 2.30. The molecule has 0 spiro atoms. The topological polar surface area (TPSA) is 78.4 Å². The highest BCUT2D eigenvalue weighted by molar-refractivity contribution is 7.10. The van der Waals surface area contributed by atoms with E-state index in [-0.39, 0.29) is 18.2 Å². The molecule has 2 atom stereocenters. The zero-order chi connectivity index (χ0) is 13.8. The molecule has 1 aromatic heterocycles. The Morgan fingerprint density at radius 2 is 2.32 bits per heavy atom. The molecule has 6 heteroatoms. The summed E-state index contributed by atoms with van der Waals surface area (Å²) in [6, 6.07) is 3.29. The Balaban J connectivity index is 1.99. The molecule has 104 valence electrons. The average Bonchev–Trinajstić information content (AvgIpc) is 2.78. The Morgan fingerprint density at radius 3 is 2.79 bits per heavy atom. The SMILES string of the molecule is CC(C(=O)NC(CC(=O)O)c1cccs1)C1CNC1. The van der Waals surface area contributed by atoms with E-state index in [0.717, 1.165) is 18.0 Å². The standard InChI is InChI=1S/C13H18N2O3S/c1-8(9-6-14-7-9)13(18)15-10(5-12(16)17)11-3-2-4-19-11/h2-4,8-10,14H,5-7H2,1H3,(H,15,18)(H,16,17). The summed E-state index contributed by atoms with van der Waals surface area (Å²) in [7, 11) is 0. The Bertz CT molecular complexity index is 443. The van der Waals surface area contributed by atoms with Crippen LogP contribution in [0.2, 0.25) is 0 Å². The molecule has 1 aliphatic heterocycles. The molecular formula is C13H18N2O3S. The van der Waals surface area contributed by atoms with Crippen molar-refractivity contribution in [2.75, 3.05) is 13.1 Å². The van der Waals surface area contributed by atoms with Crippen LogP contribution in [0.4, 0.5) is 0 Å². The van der Waals surface area contributed by atoms with E-state index in [1.165, 1.54) is 11.3 Å². The van der Waals surface area contributed by atoms with Gasteiger partial charge in [-0.2, -0.15) is 0 Å². The second-order valence-corrected chi connectivity index (χ2v) is 5.86. The maximum Gasteiger partial charge on any atom is 0.305 e. The molecule has 19 heavy (non-hydrogen) atoms. The first-order chi connectivity index (χ1) is 9.08. The Hall–Kier alpha value is -1.40. The summed E-state index contributed by atoms with van der Waals surface area (Å²) < 4.78 is 0. The van der Waals surface area contributed by atoms with E-state index in [9.17, 15) is 9.59 Å². The second kappa shape index (κ2) is 6.16. The summed E-state index contributed by atoms with van der Waals surface area (Å²) >= 11 is 1.46. The van der Waals surface area contributed by atoms with Gasteiger partial charge in [0.25, 0.3) is 0 Å². The highest BCUT2D eigenvalue weighted by atomic mass is 32.1. The number of thiophene rings is 1. The fourth-order valence-electron chi connectivity index (χ4n) is 2.07. The smallest absolute Gasteiger partial charge is 0.305 e. The van der Waals surface area contributed by atoms with E-state index in [1.54, 1.807) is 0 Å². The van der Waals surface area contributed by atoms with Crippen LogP contribution in [0.25, 0.3) is 0 Å². The van der Waals surface area contributed by atoms with Crippen molar-refractivity contribution < 1.29 is 14.7 Å². The van der Waals surface area contributed by atoms with Gasteiger partial charge in [-0.3, -0.25) is 9.59 Å². The molecule has 0 radical (unpaired) electrons. The van der Waals surface area contributed by atoms with E-state index in [2.05, 4.69) is 10.6 Å². The van der Waals surface area contributed by atoms with E-state index >= 15 is 0 Å². The zero-order valence-corrected chi connectivity index (χ0v) is 11.6. The fraction of sp³-hybridized carbons (Fsp3) is 0.538. The lowest BCUT2D eigenvalue weighted by Crippen LogP contribution is -2.50. The van der Waals surface area contributed by atoms with E-state index in [1.807, 2.05) is 24.4 Å². The van der Waals surface area contributed by atoms with Gasteiger partial charge >= 0.3 is 5.97 Å². The van der Waals surface area contributed by atoms with Gasteiger partial charge in [0, 0.05) is 10.8 Å². The third kappa shape index (κ3) is 3.54. The van der Waals surface area contributed by atoms with E-state index in [0.29, 0.717) is 5.92 Å². The summed E-state index contributed by atoms with van der Waals surface area (Å²) in [4.78, 5) is 23.9. The first kappa shape index (κ1) is 14.0. The number of aliphatic carboxylic acids is 1. The molecule has 1 aliphatic rings. The molecule has 5 nitrogen and oxygen atoms in total. The first-order valence-electron chi connectivity index (χ1n) is 6.34. The van der Waals surface area contributed by atoms with Crippen molar-refractivity contribution in [1.82, 2.24) is 10.6 Å². The van der Waals surface area contributed by atoms with Crippen molar-refractivity contribution in [3.05, 3.63) is 22.4 Å². The summed E-state index contributed by atoms with van der Waals surface area (Å²) in [6.45, 7) is 3.61. The summed E-state index contributed by atoms with van der Waals surface area (Å²) in [5, 5.41) is 16.8. The van der Waals surface area contributed by atoms with Crippen LogP contribution in [-0.2, 0) is 9.59 Å². The van der Waals surface area contributed by atoms with Crippen LogP contribution in [0.5, 0.6) is 0 Å². The number of carboxylic acid groups (broad SMARTS) is 1. The third-order valence-electron chi connectivity index (χ3n) is 3.52. The Morgan fingerprint density at radius 1 is 1.58 bits per heavy atom. The van der Waals surface area contributed by atoms with Crippen LogP contribution >= 0.6 is 11.3 Å². The van der Waals surface area contributed by atoms with E-state index < -0.39 is 12.0 Å². The van der Waals surface area contributed by atoms with Gasteiger partial charge in [0.15, 0.2) is 0 Å². The molecule has 2 rings (SSSR count). The fourth-order valence-corrected chi connectivity index (χ4v) is 2.85. The predicted molar refractivity (Wildman–Crippen MR) is 73.0 cm³/mol. The predicted octanol–water partition coefficient (Wildman–Crippen LogP) is 1.24. The number of hydrogen-bond donors (Lipinski definition) is 3. The summed E-state index contributed by atoms with van der Waals surface area (Å²) in [5.74, 6) is -0.700. The minimum atomic E-state index is -0.906. The molecule has 1 saturated heterocycles. The maximum atomic E-state index is 12.1. The van der Waals surface area contributed by atoms with Crippen LogP contribution in [0.3, 0.4) is 0 Å². The van der Waals surface area contributed by atoms with Crippen molar-refractivity contribution in [3.8, 4) is 0 Å². The number of carbonyl (C=O) groups excluding carboxylic acids is 1. The van der Waals surface area contributed by atoms with Crippen molar-refractivity contribution in [1.29, 1.82) is 0 Å². The van der Waals surface area contributed by atoms with Crippen LogP contribution in [0.1, 0.15) is 24.3 Å². The molecule has 1 fully saturated rings.